The Morgan fingerprint density at radius 1 is 1.05 bits per heavy atom. The van der Waals surface area contributed by atoms with Gasteiger partial charge in [0.05, 0.1) is 6.10 Å². The van der Waals surface area contributed by atoms with Crippen LogP contribution >= 0.6 is 10.3 Å². The zero-order valence-electron chi connectivity index (χ0n) is 11.5. The zero-order chi connectivity index (χ0) is 15.6. The second-order valence-corrected chi connectivity index (χ2v) is 10.5. The molecule has 0 bridgehead atoms. The highest BCUT2D eigenvalue weighted by atomic mass is 32.3. The summed E-state index contributed by atoms with van der Waals surface area (Å²) in [4.78, 5) is 0. The number of hydrogen-bond donors (Lipinski definition) is 1. The fourth-order valence-electron chi connectivity index (χ4n) is 2.41. The summed E-state index contributed by atoms with van der Waals surface area (Å²) in [5, 5.41) is 9.52. The smallest absolute Gasteiger partial charge is 0.392 e. The Morgan fingerprint density at radius 3 is 2.05 bits per heavy atom. The van der Waals surface area contributed by atoms with Crippen LogP contribution in [0.3, 0.4) is 0 Å². The lowest BCUT2D eigenvalue weighted by Gasteiger charge is -2.41. The second kappa shape index (κ2) is 6.41. The van der Waals surface area contributed by atoms with Crippen LogP contribution in [0.2, 0.25) is 0 Å². The zero-order valence-corrected chi connectivity index (χ0v) is 13.2. The number of aliphatic hydroxyl groups is 1. The van der Waals surface area contributed by atoms with Crippen molar-refractivity contribution in [2.45, 2.75) is 55.4 Å². The maximum Gasteiger partial charge on any atom is 0.523 e. The summed E-state index contributed by atoms with van der Waals surface area (Å²) >= 11 is 0. The van der Waals surface area contributed by atoms with Gasteiger partial charge in [-0.25, -0.2) is 3.63 Å². The van der Waals surface area contributed by atoms with Gasteiger partial charge in [0, 0.05) is 5.25 Å². The molecule has 0 spiro atoms. The highest BCUT2D eigenvalue weighted by Gasteiger charge is 2.51. The number of hydrogen-bond acceptors (Lipinski definition) is 4. The van der Waals surface area contributed by atoms with Crippen LogP contribution in [-0.2, 0) is 13.7 Å². The summed E-state index contributed by atoms with van der Waals surface area (Å²) in [5.41, 5.74) is -5.43. The first kappa shape index (κ1) is 18.1. The highest BCUT2D eigenvalue weighted by molar-refractivity contribution is 8.32. The van der Waals surface area contributed by atoms with E-state index in [1.54, 1.807) is 0 Å². The molecule has 4 nitrogen and oxygen atoms in total. The van der Waals surface area contributed by atoms with Crippen molar-refractivity contribution in [1.82, 2.24) is 0 Å². The molecule has 1 rings (SSSR count). The van der Waals surface area contributed by atoms with Gasteiger partial charge >= 0.3 is 15.6 Å². The number of rotatable bonds is 3. The third kappa shape index (κ3) is 4.51. The Labute approximate surface area is 119 Å². The fraction of sp³-hybridized carbons (Fsp3) is 1.00. The molecular formula is C11H21F3O4S2. The van der Waals surface area contributed by atoms with Crippen molar-refractivity contribution in [2.24, 2.45) is 0 Å². The Kier molecular flexibility index (Phi) is 5.79. The van der Waals surface area contributed by atoms with Crippen LogP contribution in [0.25, 0.3) is 0 Å². The Balaban J connectivity index is 2.90. The van der Waals surface area contributed by atoms with Gasteiger partial charge in [0.15, 0.2) is 0 Å². The molecule has 0 aromatic heterocycles. The first-order valence-corrected chi connectivity index (χ1v) is 10.2. The molecule has 1 aliphatic carbocycles. The van der Waals surface area contributed by atoms with Gasteiger partial charge in [0.1, 0.15) is 0 Å². The Bertz CT molecular complexity index is 420. The standard InChI is InChI=1S/C11H21F3O4S2/c1-19(2,18-20(16,17)11(12,13)14)10-8-6-4-3-5-7-9(10)15/h9-10,15H,3-8H2,1-2H3. The monoisotopic (exact) mass is 338 g/mol. The first-order valence-electron chi connectivity index (χ1n) is 6.40. The molecule has 1 aliphatic rings. The van der Waals surface area contributed by atoms with Crippen molar-refractivity contribution >= 4 is 20.4 Å². The van der Waals surface area contributed by atoms with Crippen molar-refractivity contribution < 1.29 is 30.3 Å². The number of aliphatic hydroxyl groups excluding tert-OH is 1. The molecule has 122 valence electrons. The molecule has 2 atom stereocenters. The molecule has 1 saturated carbocycles. The molecule has 0 aromatic carbocycles. The van der Waals surface area contributed by atoms with Crippen molar-refractivity contribution in [3.05, 3.63) is 0 Å². The summed E-state index contributed by atoms with van der Waals surface area (Å²) in [6, 6.07) is 0. The van der Waals surface area contributed by atoms with E-state index in [0.29, 0.717) is 12.8 Å². The van der Waals surface area contributed by atoms with E-state index in [2.05, 4.69) is 3.63 Å². The van der Waals surface area contributed by atoms with Crippen LogP contribution in [-0.4, -0.2) is 42.9 Å². The minimum Gasteiger partial charge on any atom is -0.392 e. The van der Waals surface area contributed by atoms with Gasteiger partial charge in [-0.3, -0.25) is 0 Å². The minimum atomic E-state index is -5.62. The van der Waals surface area contributed by atoms with Crippen molar-refractivity contribution in [3.8, 4) is 0 Å². The van der Waals surface area contributed by atoms with Crippen LogP contribution in [0.5, 0.6) is 0 Å². The van der Waals surface area contributed by atoms with Gasteiger partial charge in [-0.1, -0.05) is 25.7 Å². The molecule has 0 saturated heterocycles. The van der Waals surface area contributed by atoms with E-state index in [0.717, 1.165) is 25.7 Å². The molecule has 0 aliphatic heterocycles. The lowest BCUT2D eigenvalue weighted by atomic mass is 9.98. The Hall–Kier alpha value is 0.01000. The van der Waals surface area contributed by atoms with E-state index in [1.165, 1.54) is 12.5 Å². The lowest BCUT2D eigenvalue weighted by molar-refractivity contribution is -0.0496. The van der Waals surface area contributed by atoms with Crippen LogP contribution < -0.4 is 0 Å². The molecular weight excluding hydrogens is 317 g/mol. The molecule has 2 unspecified atom stereocenters. The topological polar surface area (TPSA) is 63.6 Å². The predicted molar refractivity (Wildman–Crippen MR) is 73.0 cm³/mol. The van der Waals surface area contributed by atoms with Gasteiger partial charge < -0.3 is 5.11 Å². The first-order chi connectivity index (χ1) is 8.97. The van der Waals surface area contributed by atoms with E-state index in [4.69, 9.17) is 0 Å². The molecule has 9 heteroatoms. The van der Waals surface area contributed by atoms with E-state index in [-0.39, 0.29) is 0 Å². The maximum atomic E-state index is 12.4. The number of alkyl halides is 3. The SMILES string of the molecule is CS(C)(OS(=O)(=O)C(F)(F)F)C1CCCCCCC1O. The average Bonchev–Trinajstić information content (AvgIpc) is 2.20. The minimum absolute atomic E-state index is 0.469. The Morgan fingerprint density at radius 2 is 1.55 bits per heavy atom. The lowest BCUT2D eigenvalue weighted by Crippen LogP contribution is -2.36. The molecule has 1 N–H and O–H groups in total. The third-order valence-corrected chi connectivity index (χ3v) is 8.14. The van der Waals surface area contributed by atoms with Crippen molar-refractivity contribution in [3.63, 3.8) is 0 Å². The van der Waals surface area contributed by atoms with Gasteiger partial charge in [-0.15, -0.1) is 10.3 Å². The molecule has 0 amide bonds. The van der Waals surface area contributed by atoms with Crippen LogP contribution in [0, 0.1) is 0 Å². The van der Waals surface area contributed by atoms with Crippen molar-refractivity contribution in [1.29, 1.82) is 0 Å². The van der Waals surface area contributed by atoms with E-state index < -0.39 is 37.3 Å². The van der Waals surface area contributed by atoms with E-state index in [9.17, 15) is 26.7 Å². The van der Waals surface area contributed by atoms with Crippen LogP contribution in [0.15, 0.2) is 0 Å². The average molecular weight is 338 g/mol. The highest BCUT2D eigenvalue weighted by Crippen LogP contribution is 2.54. The molecule has 0 radical (unpaired) electrons. The normalized spacial score (nSPS) is 27.7. The summed E-state index contributed by atoms with van der Waals surface area (Å²) in [6.45, 7) is 0. The van der Waals surface area contributed by atoms with E-state index >= 15 is 0 Å². The van der Waals surface area contributed by atoms with Crippen LogP contribution in [0.4, 0.5) is 13.2 Å². The van der Waals surface area contributed by atoms with Gasteiger partial charge in [-0.2, -0.15) is 21.6 Å². The molecule has 1 fully saturated rings. The van der Waals surface area contributed by atoms with E-state index in [1.807, 2.05) is 0 Å². The molecule has 0 aromatic rings. The predicted octanol–water partition coefficient (Wildman–Crippen LogP) is 2.92. The molecule has 20 heavy (non-hydrogen) atoms. The quantitative estimate of drug-likeness (QED) is 0.804. The molecule has 0 heterocycles. The van der Waals surface area contributed by atoms with Crippen molar-refractivity contribution in [2.75, 3.05) is 12.5 Å². The summed E-state index contributed by atoms with van der Waals surface area (Å²) in [5.74, 6) is 0. The largest absolute Gasteiger partial charge is 0.523 e. The summed E-state index contributed by atoms with van der Waals surface area (Å²) in [7, 11) is -8.19. The van der Waals surface area contributed by atoms with Gasteiger partial charge in [-0.05, 0) is 25.4 Å². The van der Waals surface area contributed by atoms with Gasteiger partial charge in [0.25, 0.3) is 0 Å². The fourth-order valence-corrected chi connectivity index (χ4v) is 6.60. The maximum absolute atomic E-state index is 12.4. The number of halogens is 3. The summed E-state index contributed by atoms with van der Waals surface area (Å²) < 4.78 is 64.0. The summed E-state index contributed by atoms with van der Waals surface area (Å²) in [6.07, 6.45) is 6.33. The second-order valence-electron chi connectivity index (χ2n) is 5.37. The van der Waals surface area contributed by atoms with Gasteiger partial charge in [0.2, 0.25) is 0 Å². The third-order valence-electron chi connectivity index (χ3n) is 3.45. The van der Waals surface area contributed by atoms with Crippen LogP contribution in [0.1, 0.15) is 38.5 Å².